The number of hydrogen-bond acceptors (Lipinski definition) is 6. The van der Waals surface area contributed by atoms with Gasteiger partial charge < -0.3 is 35.1 Å². The van der Waals surface area contributed by atoms with Gasteiger partial charge in [0.25, 0.3) is 0 Å². The molecule has 1 fully saturated rings. The zero-order valence-corrected chi connectivity index (χ0v) is 32.4. The monoisotopic (exact) mass is 698 g/mol. The number of methoxy groups -OCH3 is 1. The van der Waals surface area contributed by atoms with Crippen molar-refractivity contribution in [3.8, 4) is 0 Å². The molecule has 0 radical (unpaired) electrons. The van der Waals surface area contributed by atoms with Crippen LogP contribution in [0.2, 0.25) is 0 Å². The van der Waals surface area contributed by atoms with Gasteiger partial charge >= 0.3 is 6.09 Å². The van der Waals surface area contributed by atoms with Crippen molar-refractivity contribution in [2.75, 3.05) is 20.3 Å². The highest BCUT2D eigenvalue weighted by Crippen LogP contribution is 2.30. The fourth-order valence-electron chi connectivity index (χ4n) is 6.51. The number of aromatic nitrogens is 1. The van der Waals surface area contributed by atoms with Crippen LogP contribution in [0.15, 0.2) is 30.5 Å². The minimum Gasteiger partial charge on any atom is -0.444 e. The molecule has 0 unspecified atom stereocenters. The molecule has 0 spiro atoms. The topological polar surface area (TPSA) is 131 Å². The number of alkyl carbamates (subject to hydrolysis) is 1. The third-order valence-corrected chi connectivity index (χ3v) is 9.90. The van der Waals surface area contributed by atoms with Gasteiger partial charge in [0, 0.05) is 44.4 Å². The molecule has 3 amide bonds. The molecule has 0 saturated heterocycles. The maximum Gasteiger partial charge on any atom is 0.408 e. The quantitative estimate of drug-likeness (QED) is 0.117. The summed E-state index contributed by atoms with van der Waals surface area (Å²) in [5, 5.41) is 22.1. The van der Waals surface area contributed by atoms with Gasteiger partial charge in [-0.3, -0.25) is 9.59 Å². The Balaban J connectivity index is 1.87. The van der Waals surface area contributed by atoms with E-state index in [-0.39, 0.29) is 41.9 Å². The number of aryl methyl sites for hydroxylation is 1. The second-order valence-corrected chi connectivity index (χ2v) is 16.5. The fourth-order valence-corrected chi connectivity index (χ4v) is 6.51. The van der Waals surface area contributed by atoms with Gasteiger partial charge in [-0.2, -0.15) is 0 Å². The van der Waals surface area contributed by atoms with Crippen molar-refractivity contribution in [3.05, 3.63) is 36.0 Å². The predicted molar refractivity (Wildman–Crippen MR) is 200 cm³/mol. The lowest BCUT2D eigenvalue weighted by molar-refractivity contribution is -0.128. The van der Waals surface area contributed by atoms with Crippen molar-refractivity contribution in [2.45, 2.75) is 131 Å². The summed E-state index contributed by atoms with van der Waals surface area (Å²) in [6, 6.07) is 7.20. The first kappa shape index (κ1) is 41.3. The summed E-state index contributed by atoms with van der Waals surface area (Å²) in [7, 11) is 1.72. The van der Waals surface area contributed by atoms with Gasteiger partial charge in [0.05, 0.1) is 12.1 Å². The molecule has 3 rings (SSSR count). The molecule has 1 aromatic carbocycles. The largest absolute Gasteiger partial charge is 0.444 e. The Hall–Kier alpha value is -3.11. The van der Waals surface area contributed by atoms with Gasteiger partial charge in [0.2, 0.25) is 11.8 Å². The molecule has 1 heterocycles. The number of carbonyl (C=O) groups is 3. The first-order valence-corrected chi connectivity index (χ1v) is 18.8. The van der Waals surface area contributed by atoms with Crippen molar-refractivity contribution in [1.82, 2.24) is 20.5 Å². The number of rotatable bonds is 20. The summed E-state index contributed by atoms with van der Waals surface area (Å²) in [5.74, 6) is -0.161. The Morgan fingerprint density at radius 3 is 2.22 bits per heavy atom. The van der Waals surface area contributed by atoms with E-state index in [9.17, 15) is 19.5 Å². The summed E-state index contributed by atoms with van der Waals surface area (Å²) in [6.07, 6.45) is 5.16. The van der Waals surface area contributed by atoms with E-state index in [1.165, 1.54) is 16.5 Å². The van der Waals surface area contributed by atoms with Crippen molar-refractivity contribution in [3.63, 3.8) is 0 Å². The summed E-state index contributed by atoms with van der Waals surface area (Å²) >= 11 is 0. The van der Waals surface area contributed by atoms with Crippen LogP contribution in [-0.4, -0.2) is 71.6 Å². The first-order chi connectivity index (χ1) is 23.5. The highest BCUT2D eigenvalue weighted by Gasteiger charge is 2.35. The number of hydrogen-bond donors (Lipinski definition) is 4. The number of nitrogens with one attached hydrogen (secondary N) is 3. The van der Waals surface area contributed by atoms with Crippen molar-refractivity contribution >= 4 is 28.8 Å². The third kappa shape index (κ3) is 13.2. The molecule has 10 nitrogen and oxygen atoms in total. The standard InChI is InChI=1S/C40H66N4O6/c1-25(2)31(20-29-14-15-30-16-18-44(34(30)21-29)17-11-19-49-10)22-33(35(45)23-32(26(3)4)37(46)41-24-28-12-13-28)42-38(47)36(27(5)6)43-39(48)50-40(7,8)9/h14-16,18,21,25-28,31-33,35-36,45H,11-13,17,19-20,22-24H2,1-10H3,(H,41,46)(H,42,47)(H,43,48)/t31-,32-,33-,35-,36-/m0/s1. The molecule has 1 saturated carbocycles. The zero-order chi connectivity index (χ0) is 37.2. The average molecular weight is 699 g/mol. The van der Waals surface area contributed by atoms with Crippen molar-refractivity contribution in [2.24, 2.45) is 35.5 Å². The highest BCUT2D eigenvalue weighted by molar-refractivity contribution is 5.86. The molecule has 50 heavy (non-hydrogen) atoms. The van der Waals surface area contributed by atoms with E-state index in [0.717, 1.165) is 32.2 Å². The number of ether oxygens (including phenoxy) is 2. The lowest BCUT2D eigenvalue weighted by atomic mass is 9.80. The van der Waals surface area contributed by atoms with Crippen LogP contribution in [0.25, 0.3) is 10.9 Å². The third-order valence-electron chi connectivity index (χ3n) is 9.90. The number of aliphatic hydroxyl groups is 1. The Morgan fingerprint density at radius 1 is 0.940 bits per heavy atom. The Bertz CT molecular complexity index is 1380. The van der Waals surface area contributed by atoms with E-state index in [1.54, 1.807) is 27.9 Å². The molecule has 1 aliphatic rings. The molecule has 1 aliphatic carbocycles. The normalized spacial score (nSPS) is 16.7. The average Bonchev–Trinajstić information content (AvgIpc) is 3.78. The fraction of sp³-hybridized carbons (Fsp3) is 0.725. The van der Waals surface area contributed by atoms with E-state index < -0.39 is 35.8 Å². The Labute approximate surface area is 300 Å². The molecule has 0 aliphatic heterocycles. The molecular formula is C40H66N4O6. The van der Waals surface area contributed by atoms with Gasteiger partial charge in [0.15, 0.2) is 0 Å². The molecule has 0 bridgehead atoms. The summed E-state index contributed by atoms with van der Waals surface area (Å²) in [5.41, 5.74) is 1.65. The van der Waals surface area contributed by atoms with Crippen LogP contribution in [0.5, 0.6) is 0 Å². The SMILES string of the molecule is COCCCn1ccc2ccc(C[C@@H](C[C@H](NC(=O)[C@@H](NC(=O)OC(C)(C)C)C(C)C)[C@@H](O)C[C@H](C(=O)NCC3CC3)C(C)C)C(C)C)cc21. The Morgan fingerprint density at radius 2 is 1.64 bits per heavy atom. The van der Waals surface area contributed by atoms with E-state index in [4.69, 9.17) is 9.47 Å². The van der Waals surface area contributed by atoms with Gasteiger partial charge in [-0.25, -0.2) is 4.79 Å². The minimum absolute atomic E-state index is 0.00482. The second-order valence-electron chi connectivity index (χ2n) is 16.5. The molecule has 2 aromatic rings. The van der Waals surface area contributed by atoms with Crippen LogP contribution >= 0.6 is 0 Å². The van der Waals surface area contributed by atoms with Gasteiger partial charge in [-0.05, 0) is 112 Å². The van der Waals surface area contributed by atoms with E-state index in [2.05, 4.69) is 64.8 Å². The van der Waals surface area contributed by atoms with E-state index in [1.807, 2.05) is 27.7 Å². The van der Waals surface area contributed by atoms with Gasteiger partial charge in [-0.15, -0.1) is 0 Å². The zero-order valence-electron chi connectivity index (χ0n) is 32.4. The number of aliphatic hydroxyl groups excluding tert-OH is 1. The van der Waals surface area contributed by atoms with Crippen LogP contribution in [-0.2, 0) is 32.0 Å². The number of benzene rings is 1. The molecule has 282 valence electrons. The molecule has 5 atom stereocenters. The molecule has 10 heteroatoms. The predicted octanol–water partition coefficient (Wildman–Crippen LogP) is 6.47. The number of carbonyl (C=O) groups excluding carboxylic acids is 3. The highest BCUT2D eigenvalue weighted by atomic mass is 16.6. The van der Waals surface area contributed by atoms with Crippen LogP contribution in [0.1, 0.15) is 100.0 Å². The minimum atomic E-state index is -0.978. The molecular weight excluding hydrogens is 632 g/mol. The number of nitrogens with zero attached hydrogens (tertiary/aromatic N) is 1. The maximum absolute atomic E-state index is 13.9. The van der Waals surface area contributed by atoms with Crippen molar-refractivity contribution in [1.29, 1.82) is 0 Å². The van der Waals surface area contributed by atoms with Crippen LogP contribution in [0, 0.1) is 35.5 Å². The Kier molecular flexibility index (Phi) is 15.6. The maximum atomic E-state index is 13.9. The van der Waals surface area contributed by atoms with Gasteiger partial charge in [0.1, 0.15) is 11.6 Å². The van der Waals surface area contributed by atoms with Gasteiger partial charge in [-0.1, -0.05) is 53.7 Å². The van der Waals surface area contributed by atoms with Crippen LogP contribution < -0.4 is 16.0 Å². The summed E-state index contributed by atoms with van der Waals surface area (Å²) in [4.78, 5) is 40.0. The first-order valence-electron chi connectivity index (χ1n) is 18.8. The van der Waals surface area contributed by atoms with Crippen molar-refractivity contribution < 1.29 is 29.0 Å². The molecule has 1 aromatic heterocycles. The van der Waals surface area contributed by atoms with Crippen LogP contribution in [0.3, 0.4) is 0 Å². The molecule has 4 N–H and O–H groups in total. The number of fused-ring (bicyclic) bond motifs is 1. The number of amides is 3. The van der Waals surface area contributed by atoms with E-state index >= 15 is 0 Å². The summed E-state index contributed by atoms with van der Waals surface area (Å²) < 4.78 is 13.0. The van der Waals surface area contributed by atoms with E-state index in [0.29, 0.717) is 25.5 Å². The summed E-state index contributed by atoms with van der Waals surface area (Å²) in [6.45, 7) is 19.6. The second kappa shape index (κ2) is 18.9. The van der Waals surface area contributed by atoms with Crippen LogP contribution in [0.4, 0.5) is 4.79 Å². The smallest absolute Gasteiger partial charge is 0.408 e. The lowest BCUT2D eigenvalue weighted by Gasteiger charge is -2.34. The lowest BCUT2D eigenvalue weighted by Crippen LogP contribution is -2.56.